The maximum absolute atomic E-state index is 11.7. The lowest BCUT2D eigenvalue weighted by molar-refractivity contribution is -0.142. The summed E-state index contributed by atoms with van der Waals surface area (Å²) in [6.45, 7) is 3.55. The van der Waals surface area contributed by atoms with E-state index in [-0.39, 0.29) is 5.91 Å². The number of rotatable bonds is 7. The molecule has 2 N–H and O–H groups in total. The van der Waals surface area contributed by atoms with Gasteiger partial charge in [0, 0.05) is 6.42 Å². The fourth-order valence-electron chi connectivity index (χ4n) is 2.27. The van der Waals surface area contributed by atoms with Crippen LogP contribution < -0.4 is 5.32 Å². The fourth-order valence-corrected chi connectivity index (χ4v) is 2.27. The van der Waals surface area contributed by atoms with E-state index in [1.54, 1.807) is 6.08 Å². The van der Waals surface area contributed by atoms with E-state index >= 15 is 0 Å². The quantitative estimate of drug-likeness (QED) is 0.669. The first-order valence-corrected chi connectivity index (χ1v) is 6.26. The third-order valence-corrected chi connectivity index (χ3v) is 3.24. The van der Waals surface area contributed by atoms with Gasteiger partial charge in [-0.05, 0) is 31.6 Å². The van der Waals surface area contributed by atoms with Gasteiger partial charge in [-0.25, -0.2) is 4.79 Å². The molecular weight excluding hydrogens is 218 g/mol. The second-order valence-corrected chi connectivity index (χ2v) is 4.68. The van der Waals surface area contributed by atoms with Crippen molar-refractivity contribution < 1.29 is 14.7 Å². The Morgan fingerprint density at radius 2 is 2.06 bits per heavy atom. The lowest BCUT2D eigenvalue weighted by Gasteiger charge is -2.15. The fraction of sp³-hybridized carbons (Fsp3) is 0.692. The molecule has 0 spiro atoms. The van der Waals surface area contributed by atoms with Gasteiger partial charge in [-0.1, -0.05) is 18.9 Å². The Hall–Kier alpha value is -1.32. The van der Waals surface area contributed by atoms with Crippen LogP contribution in [0.5, 0.6) is 0 Å². The molecule has 0 heterocycles. The first-order chi connectivity index (χ1) is 8.13. The van der Waals surface area contributed by atoms with Crippen molar-refractivity contribution >= 4 is 11.9 Å². The van der Waals surface area contributed by atoms with Crippen LogP contribution in [0.25, 0.3) is 0 Å². The maximum atomic E-state index is 11.7. The highest BCUT2D eigenvalue weighted by Gasteiger charge is 2.22. The predicted molar refractivity (Wildman–Crippen MR) is 65.6 cm³/mol. The number of carboxylic acid groups (broad SMARTS) is 1. The Morgan fingerprint density at radius 3 is 2.59 bits per heavy atom. The molecule has 1 saturated carbocycles. The molecule has 4 heteroatoms. The molecule has 1 fully saturated rings. The first-order valence-electron chi connectivity index (χ1n) is 6.26. The molecule has 0 saturated heterocycles. The highest BCUT2D eigenvalue weighted by molar-refractivity contribution is 5.83. The van der Waals surface area contributed by atoms with E-state index in [4.69, 9.17) is 5.11 Å². The number of hydrogen-bond donors (Lipinski definition) is 2. The Kier molecular flexibility index (Phi) is 5.73. The molecule has 0 aromatic heterocycles. The third kappa shape index (κ3) is 5.02. The Bertz CT molecular complexity index is 282. The van der Waals surface area contributed by atoms with Crippen molar-refractivity contribution in [1.82, 2.24) is 5.32 Å². The van der Waals surface area contributed by atoms with Crippen LogP contribution in [0.4, 0.5) is 0 Å². The molecule has 0 bridgehead atoms. The van der Waals surface area contributed by atoms with E-state index < -0.39 is 12.0 Å². The number of hydrogen-bond acceptors (Lipinski definition) is 2. The van der Waals surface area contributed by atoms with Crippen molar-refractivity contribution in [3.05, 3.63) is 12.7 Å². The number of carbonyl (C=O) groups is 2. The predicted octanol–water partition coefficient (Wildman–Crippen LogP) is 2.10. The second-order valence-electron chi connectivity index (χ2n) is 4.68. The summed E-state index contributed by atoms with van der Waals surface area (Å²) in [6.07, 6.45) is 7.72. The summed E-state index contributed by atoms with van der Waals surface area (Å²) in [5.41, 5.74) is 0. The van der Waals surface area contributed by atoms with E-state index in [1.165, 1.54) is 12.8 Å². The van der Waals surface area contributed by atoms with Crippen molar-refractivity contribution in [2.24, 2.45) is 5.92 Å². The molecule has 0 aromatic carbocycles. The minimum atomic E-state index is -0.966. The van der Waals surface area contributed by atoms with Gasteiger partial charge in [0.1, 0.15) is 6.04 Å². The number of carbonyl (C=O) groups excluding carboxylic acids is 1. The minimum absolute atomic E-state index is 0.131. The SMILES string of the molecule is C=CCC[C@H](NC(=O)CC1CCCC1)C(=O)O. The smallest absolute Gasteiger partial charge is 0.326 e. The molecule has 96 valence electrons. The van der Waals surface area contributed by atoms with Crippen LogP contribution >= 0.6 is 0 Å². The van der Waals surface area contributed by atoms with Gasteiger partial charge in [0.25, 0.3) is 0 Å². The standard InChI is InChI=1S/C13H21NO3/c1-2-3-8-11(13(16)17)14-12(15)9-10-6-4-5-7-10/h2,10-11H,1,3-9H2,(H,14,15)(H,16,17)/t11-/m0/s1. The molecule has 1 atom stereocenters. The summed E-state index contributed by atoms with van der Waals surface area (Å²) in [5.74, 6) is -0.649. The topological polar surface area (TPSA) is 66.4 Å². The molecule has 0 aliphatic heterocycles. The zero-order valence-electron chi connectivity index (χ0n) is 10.2. The molecule has 0 radical (unpaired) electrons. The summed E-state index contributed by atoms with van der Waals surface area (Å²) < 4.78 is 0. The van der Waals surface area contributed by atoms with E-state index in [2.05, 4.69) is 11.9 Å². The summed E-state index contributed by atoms with van der Waals surface area (Å²) in [6, 6.07) is -0.776. The molecule has 1 rings (SSSR count). The van der Waals surface area contributed by atoms with Gasteiger partial charge >= 0.3 is 5.97 Å². The first kappa shape index (κ1) is 13.7. The van der Waals surface area contributed by atoms with Crippen molar-refractivity contribution in [2.75, 3.05) is 0 Å². The zero-order valence-corrected chi connectivity index (χ0v) is 10.2. The Balaban J connectivity index is 2.34. The second kappa shape index (κ2) is 7.09. The van der Waals surface area contributed by atoms with Gasteiger partial charge in [-0.2, -0.15) is 0 Å². The molecule has 1 aliphatic rings. The largest absolute Gasteiger partial charge is 0.480 e. The van der Waals surface area contributed by atoms with Crippen LogP contribution in [0.3, 0.4) is 0 Å². The molecule has 4 nitrogen and oxygen atoms in total. The zero-order chi connectivity index (χ0) is 12.7. The van der Waals surface area contributed by atoms with Crippen molar-refractivity contribution in [2.45, 2.75) is 51.0 Å². The van der Waals surface area contributed by atoms with E-state index in [1.807, 2.05) is 0 Å². The van der Waals surface area contributed by atoms with Gasteiger partial charge < -0.3 is 10.4 Å². The van der Waals surface area contributed by atoms with Gasteiger partial charge in [-0.15, -0.1) is 6.58 Å². The van der Waals surface area contributed by atoms with Gasteiger partial charge in [-0.3, -0.25) is 4.79 Å². The number of nitrogens with one attached hydrogen (secondary N) is 1. The average molecular weight is 239 g/mol. The molecular formula is C13H21NO3. The third-order valence-electron chi connectivity index (χ3n) is 3.24. The van der Waals surface area contributed by atoms with Gasteiger partial charge in [0.15, 0.2) is 0 Å². The van der Waals surface area contributed by atoms with Crippen LogP contribution in [-0.4, -0.2) is 23.0 Å². The lowest BCUT2D eigenvalue weighted by Crippen LogP contribution is -2.41. The molecule has 1 amide bonds. The Labute approximate surface area is 102 Å². The summed E-state index contributed by atoms with van der Waals surface area (Å²) in [4.78, 5) is 22.6. The molecule has 0 unspecified atom stereocenters. The number of amides is 1. The van der Waals surface area contributed by atoms with Crippen LogP contribution in [0, 0.1) is 5.92 Å². The van der Waals surface area contributed by atoms with E-state index in [0.29, 0.717) is 25.2 Å². The summed E-state index contributed by atoms with van der Waals surface area (Å²) in [5, 5.41) is 11.6. The number of allylic oxidation sites excluding steroid dienone is 1. The van der Waals surface area contributed by atoms with Crippen molar-refractivity contribution in [1.29, 1.82) is 0 Å². The number of carboxylic acids is 1. The van der Waals surface area contributed by atoms with Gasteiger partial charge in [0.05, 0.1) is 0 Å². The minimum Gasteiger partial charge on any atom is -0.480 e. The molecule has 17 heavy (non-hydrogen) atoms. The summed E-state index contributed by atoms with van der Waals surface area (Å²) in [7, 11) is 0. The number of aliphatic carboxylic acids is 1. The highest BCUT2D eigenvalue weighted by atomic mass is 16.4. The Morgan fingerprint density at radius 1 is 1.41 bits per heavy atom. The summed E-state index contributed by atoms with van der Waals surface area (Å²) >= 11 is 0. The normalized spacial score (nSPS) is 17.6. The molecule has 0 aromatic rings. The average Bonchev–Trinajstić information content (AvgIpc) is 2.76. The maximum Gasteiger partial charge on any atom is 0.326 e. The lowest BCUT2D eigenvalue weighted by atomic mass is 10.0. The van der Waals surface area contributed by atoms with Crippen LogP contribution in [0.15, 0.2) is 12.7 Å². The van der Waals surface area contributed by atoms with Crippen molar-refractivity contribution in [3.8, 4) is 0 Å². The van der Waals surface area contributed by atoms with Crippen LogP contribution in [-0.2, 0) is 9.59 Å². The van der Waals surface area contributed by atoms with Gasteiger partial charge in [0.2, 0.25) is 5.91 Å². The van der Waals surface area contributed by atoms with Crippen molar-refractivity contribution in [3.63, 3.8) is 0 Å². The molecule has 1 aliphatic carbocycles. The highest BCUT2D eigenvalue weighted by Crippen LogP contribution is 2.27. The van der Waals surface area contributed by atoms with E-state index in [0.717, 1.165) is 12.8 Å². The van der Waals surface area contributed by atoms with Crippen LogP contribution in [0.2, 0.25) is 0 Å². The van der Waals surface area contributed by atoms with Crippen LogP contribution in [0.1, 0.15) is 44.9 Å². The van der Waals surface area contributed by atoms with E-state index in [9.17, 15) is 9.59 Å². The monoisotopic (exact) mass is 239 g/mol.